The van der Waals surface area contributed by atoms with Gasteiger partial charge in [0.2, 0.25) is 0 Å². The number of phenolic OH excluding ortho intramolecular Hbond substituents is 1. The number of aryl methyl sites for hydroxylation is 1. The lowest BCUT2D eigenvalue weighted by Crippen LogP contribution is -2.52. The summed E-state index contributed by atoms with van der Waals surface area (Å²) in [6.07, 6.45) is 4.55. The summed E-state index contributed by atoms with van der Waals surface area (Å²) in [6.45, 7) is 4.10. The summed E-state index contributed by atoms with van der Waals surface area (Å²) in [6, 6.07) is 5.59. The molecule has 1 aromatic rings. The number of aromatic hydroxyl groups is 1. The van der Waals surface area contributed by atoms with Crippen LogP contribution in [0.1, 0.15) is 50.7 Å². The van der Waals surface area contributed by atoms with Crippen molar-refractivity contribution in [1.29, 1.82) is 0 Å². The van der Waals surface area contributed by atoms with Crippen molar-refractivity contribution in [1.82, 2.24) is 0 Å². The lowest BCUT2D eigenvalue weighted by Gasteiger charge is -2.53. The third-order valence-corrected chi connectivity index (χ3v) is 5.83. The van der Waals surface area contributed by atoms with E-state index in [4.69, 9.17) is 0 Å². The predicted molar refractivity (Wildman–Crippen MR) is 76.9 cm³/mol. The first-order valence-corrected chi connectivity index (χ1v) is 7.44. The average Bonchev–Trinajstić information content (AvgIpc) is 2.39. The lowest BCUT2D eigenvalue weighted by molar-refractivity contribution is -0.157. The highest BCUT2D eigenvalue weighted by Crippen LogP contribution is 2.57. The zero-order valence-corrected chi connectivity index (χ0v) is 12.1. The van der Waals surface area contributed by atoms with Gasteiger partial charge < -0.3 is 10.2 Å². The number of rotatable bonds is 1. The predicted octanol–water partition coefficient (Wildman–Crippen LogP) is 3.49. The van der Waals surface area contributed by atoms with E-state index in [1.807, 2.05) is 19.1 Å². The van der Waals surface area contributed by atoms with Crippen molar-refractivity contribution in [3.63, 3.8) is 0 Å². The molecule has 0 spiro atoms. The second-order valence-electron chi connectivity index (χ2n) is 6.93. The molecule has 1 aromatic carbocycles. The van der Waals surface area contributed by atoms with Gasteiger partial charge in [-0.15, -0.1) is 0 Å². The largest absolute Gasteiger partial charge is 0.508 e. The zero-order chi connectivity index (χ0) is 14.5. The van der Waals surface area contributed by atoms with Crippen LogP contribution in [0.4, 0.5) is 0 Å². The Labute approximate surface area is 119 Å². The van der Waals surface area contributed by atoms with E-state index in [9.17, 15) is 15.0 Å². The zero-order valence-electron chi connectivity index (χ0n) is 12.1. The Balaban J connectivity index is 2.13. The van der Waals surface area contributed by atoms with Crippen LogP contribution < -0.4 is 0 Å². The Bertz CT molecular complexity index is 565. The molecule has 108 valence electrons. The Morgan fingerprint density at radius 2 is 2.05 bits per heavy atom. The Morgan fingerprint density at radius 3 is 2.75 bits per heavy atom. The Kier molecular flexibility index (Phi) is 2.86. The van der Waals surface area contributed by atoms with E-state index < -0.39 is 11.4 Å². The van der Waals surface area contributed by atoms with E-state index in [-0.39, 0.29) is 17.1 Å². The molecule has 2 N–H and O–H groups in total. The summed E-state index contributed by atoms with van der Waals surface area (Å²) in [7, 11) is 0. The van der Waals surface area contributed by atoms with Gasteiger partial charge in [0.1, 0.15) is 5.75 Å². The molecule has 0 aliphatic heterocycles. The van der Waals surface area contributed by atoms with Gasteiger partial charge in [-0.1, -0.05) is 19.4 Å². The number of carboxylic acid groups (broad SMARTS) is 1. The van der Waals surface area contributed by atoms with E-state index in [0.717, 1.165) is 32.1 Å². The van der Waals surface area contributed by atoms with Crippen molar-refractivity contribution in [2.24, 2.45) is 11.3 Å². The van der Waals surface area contributed by atoms with Gasteiger partial charge in [-0.3, -0.25) is 4.79 Å². The van der Waals surface area contributed by atoms with Gasteiger partial charge in [0.15, 0.2) is 0 Å². The summed E-state index contributed by atoms with van der Waals surface area (Å²) < 4.78 is 0. The fourth-order valence-electron chi connectivity index (χ4n) is 4.70. The second kappa shape index (κ2) is 4.24. The normalized spacial score (nSPS) is 36.0. The minimum Gasteiger partial charge on any atom is -0.508 e. The molecule has 1 fully saturated rings. The first-order valence-electron chi connectivity index (χ1n) is 7.44. The fraction of sp³-hybridized carbons (Fsp3) is 0.588. The lowest BCUT2D eigenvalue weighted by atomic mass is 9.50. The van der Waals surface area contributed by atoms with Gasteiger partial charge in [0.25, 0.3) is 0 Å². The standard InChI is InChI=1S/C17H22O3/c1-16-8-3-9-17(2,15(19)20)14(16)7-5-11-4-6-12(18)10-13(11)16/h4,6,10,14,18H,3,5,7-9H2,1-2H3,(H,19,20)/t14-,16+,17+/m0/s1. The van der Waals surface area contributed by atoms with Crippen molar-refractivity contribution < 1.29 is 15.0 Å². The van der Waals surface area contributed by atoms with Crippen LogP contribution in [-0.4, -0.2) is 16.2 Å². The van der Waals surface area contributed by atoms with Gasteiger partial charge in [-0.25, -0.2) is 0 Å². The van der Waals surface area contributed by atoms with E-state index in [1.165, 1.54) is 11.1 Å². The smallest absolute Gasteiger partial charge is 0.309 e. The Hall–Kier alpha value is -1.51. The molecule has 1 saturated carbocycles. The maximum absolute atomic E-state index is 11.8. The number of hydrogen-bond donors (Lipinski definition) is 2. The molecule has 0 aromatic heterocycles. The first-order chi connectivity index (χ1) is 9.38. The minimum atomic E-state index is -0.669. The highest BCUT2D eigenvalue weighted by molar-refractivity contribution is 5.75. The maximum atomic E-state index is 11.8. The molecule has 0 heterocycles. The average molecular weight is 274 g/mol. The monoisotopic (exact) mass is 274 g/mol. The van der Waals surface area contributed by atoms with Crippen LogP contribution >= 0.6 is 0 Å². The number of carboxylic acids is 1. The van der Waals surface area contributed by atoms with Gasteiger partial charge in [-0.2, -0.15) is 0 Å². The van der Waals surface area contributed by atoms with Crippen LogP contribution in [0.15, 0.2) is 18.2 Å². The van der Waals surface area contributed by atoms with Crippen LogP contribution in [0.5, 0.6) is 5.75 Å². The summed E-state index contributed by atoms with van der Waals surface area (Å²) >= 11 is 0. The molecule has 3 atom stereocenters. The molecule has 0 amide bonds. The number of fused-ring (bicyclic) bond motifs is 3. The van der Waals surface area contributed by atoms with Crippen molar-refractivity contribution >= 4 is 5.97 Å². The van der Waals surface area contributed by atoms with Crippen LogP contribution in [-0.2, 0) is 16.6 Å². The maximum Gasteiger partial charge on any atom is 0.309 e. The molecule has 20 heavy (non-hydrogen) atoms. The van der Waals surface area contributed by atoms with Crippen molar-refractivity contribution in [2.45, 2.75) is 51.4 Å². The van der Waals surface area contributed by atoms with Crippen molar-refractivity contribution in [2.75, 3.05) is 0 Å². The third kappa shape index (κ3) is 1.68. The molecular formula is C17H22O3. The van der Waals surface area contributed by atoms with Crippen LogP contribution in [0.25, 0.3) is 0 Å². The van der Waals surface area contributed by atoms with E-state index in [2.05, 4.69) is 6.92 Å². The molecule has 0 bridgehead atoms. The first kappa shape index (κ1) is 13.5. The third-order valence-electron chi connectivity index (χ3n) is 5.83. The quantitative estimate of drug-likeness (QED) is 0.824. The molecule has 3 nitrogen and oxygen atoms in total. The van der Waals surface area contributed by atoms with E-state index in [1.54, 1.807) is 6.07 Å². The highest BCUT2D eigenvalue weighted by Gasteiger charge is 2.55. The van der Waals surface area contributed by atoms with Gasteiger partial charge >= 0.3 is 5.97 Å². The molecule has 3 heteroatoms. The molecular weight excluding hydrogens is 252 g/mol. The number of carbonyl (C=O) groups is 1. The summed E-state index contributed by atoms with van der Waals surface area (Å²) in [5, 5.41) is 19.5. The van der Waals surface area contributed by atoms with Gasteiger partial charge in [0, 0.05) is 0 Å². The fourth-order valence-corrected chi connectivity index (χ4v) is 4.70. The minimum absolute atomic E-state index is 0.127. The summed E-state index contributed by atoms with van der Waals surface area (Å²) in [4.78, 5) is 11.8. The second-order valence-corrected chi connectivity index (χ2v) is 6.93. The van der Waals surface area contributed by atoms with Crippen LogP contribution in [0.2, 0.25) is 0 Å². The molecule has 2 aliphatic carbocycles. The Morgan fingerprint density at radius 1 is 1.30 bits per heavy atom. The number of hydrogen-bond acceptors (Lipinski definition) is 2. The number of aliphatic carboxylic acids is 1. The summed E-state index contributed by atoms with van der Waals surface area (Å²) in [5.41, 5.74) is 1.67. The van der Waals surface area contributed by atoms with E-state index in [0.29, 0.717) is 0 Å². The van der Waals surface area contributed by atoms with Gasteiger partial charge in [-0.05, 0) is 67.2 Å². The van der Waals surface area contributed by atoms with Gasteiger partial charge in [0.05, 0.1) is 5.41 Å². The SMILES string of the molecule is C[C@@]1(C(=O)O)CCC[C@]2(C)c3cc(O)ccc3CC[C@H]12. The summed E-state index contributed by atoms with van der Waals surface area (Å²) in [5.74, 6) is -0.235. The number of phenols is 1. The van der Waals surface area contributed by atoms with Crippen LogP contribution in [0.3, 0.4) is 0 Å². The molecule has 2 aliphatic rings. The molecule has 0 saturated heterocycles. The highest BCUT2D eigenvalue weighted by atomic mass is 16.4. The molecule has 3 rings (SSSR count). The van der Waals surface area contributed by atoms with Crippen LogP contribution in [0, 0.1) is 11.3 Å². The molecule has 0 unspecified atom stereocenters. The topological polar surface area (TPSA) is 57.5 Å². The van der Waals surface area contributed by atoms with E-state index >= 15 is 0 Å². The van der Waals surface area contributed by atoms with Crippen molar-refractivity contribution in [3.8, 4) is 5.75 Å². The van der Waals surface area contributed by atoms with Crippen molar-refractivity contribution in [3.05, 3.63) is 29.3 Å². The number of benzene rings is 1. The molecule has 0 radical (unpaired) electrons.